The minimum atomic E-state index is 0.287. The van der Waals surface area contributed by atoms with Crippen molar-refractivity contribution in [2.24, 2.45) is 16.8 Å². The van der Waals surface area contributed by atoms with Crippen molar-refractivity contribution in [3.63, 3.8) is 0 Å². The molecule has 0 amide bonds. The largest absolute Gasteiger partial charge is 0.391 e. The molecular formula is C8H16N2O. The number of nitrogens with zero attached hydrogens (tertiary/aromatic N) is 1. The minimum absolute atomic E-state index is 0.287. The number of hydrogen-bond acceptors (Lipinski definition) is 2. The zero-order valence-electron chi connectivity index (χ0n) is 7.21. The molecule has 0 radical (unpaired) electrons. The standard InChI is InChI=1S/C8H16N2O/c1-6(2)8(9)10-11-7-4-3-5-7/h6-7H,3-5H2,1-2H3,(H2,9,10). The van der Waals surface area contributed by atoms with Gasteiger partial charge >= 0.3 is 0 Å². The maximum Gasteiger partial charge on any atom is 0.141 e. The lowest BCUT2D eigenvalue weighted by molar-refractivity contribution is 0.00512. The van der Waals surface area contributed by atoms with Crippen molar-refractivity contribution in [3.05, 3.63) is 0 Å². The van der Waals surface area contributed by atoms with E-state index in [1.165, 1.54) is 6.42 Å². The van der Waals surface area contributed by atoms with Gasteiger partial charge in [-0.05, 0) is 19.3 Å². The Morgan fingerprint density at radius 2 is 2.18 bits per heavy atom. The third-order valence-electron chi connectivity index (χ3n) is 1.95. The van der Waals surface area contributed by atoms with Crippen LogP contribution in [-0.4, -0.2) is 11.9 Å². The Bertz CT molecular complexity index is 150. The van der Waals surface area contributed by atoms with Gasteiger partial charge in [-0.15, -0.1) is 0 Å². The summed E-state index contributed by atoms with van der Waals surface area (Å²) >= 11 is 0. The Morgan fingerprint density at radius 3 is 2.55 bits per heavy atom. The van der Waals surface area contributed by atoms with Gasteiger partial charge in [-0.3, -0.25) is 0 Å². The third-order valence-corrected chi connectivity index (χ3v) is 1.95. The van der Waals surface area contributed by atoms with E-state index in [2.05, 4.69) is 5.16 Å². The highest BCUT2D eigenvalue weighted by molar-refractivity contribution is 5.81. The van der Waals surface area contributed by atoms with E-state index in [0.717, 1.165) is 12.8 Å². The second-order valence-corrected chi connectivity index (χ2v) is 3.33. The van der Waals surface area contributed by atoms with Gasteiger partial charge < -0.3 is 10.6 Å². The van der Waals surface area contributed by atoms with Gasteiger partial charge in [-0.1, -0.05) is 19.0 Å². The highest BCUT2D eigenvalue weighted by Crippen LogP contribution is 2.21. The van der Waals surface area contributed by atoms with Crippen molar-refractivity contribution in [1.82, 2.24) is 0 Å². The van der Waals surface area contributed by atoms with Crippen LogP contribution >= 0.6 is 0 Å². The molecule has 1 aliphatic rings. The van der Waals surface area contributed by atoms with Crippen molar-refractivity contribution in [1.29, 1.82) is 0 Å². The molecule has 1 aliphatic carbocycles. The van der Waals surface area contributed by atoms with Crippen LogP contribution in [0, 0.1) is 5.92 Å². The quantitative estimate of drug-likeness (QED) is 0.382. The Hall–Kier alpha value is -0.730. The first kappa shape index (κ1) is 8.37. The van der Waals surface area contributed by atoms with Crippen LogP contribution < -0.4 is 5.73 Å². The molecule has 0 aliphatic heterocycles. The van der Waals surface area contributed by atoms with Crippen LogP contribution in [0.3, 0.4) is 0 Å². The van der Waals surface area contributed by atoms with E-state index in [1.807, 2.05) is 13.8 Å². The maximum absolute atomic E-state index is 5.57. The summed E-state index contributed by atoms with van der Waals surface area (Å²) in [4.78, 5) is 5.16. The van der Waals surface area contributed by atoms with Crippen LogP contribution in [0.5, 0.6) is 0 Å². The Morgan fingerprint density at radius 1 is 1.55 bits per heavy atom. The summed E-state index contributed by atoms with van der Waals surface area (Å²) in [6.45, 7) is 4.01. The second kappa shape index (κ2) is 3.60. The first-order valence-corrected chi connectivity index (χ1v) is 4.19. The van der Waals surface area contributed by atoms with Gasteiger partial charge in [0.05, 0.1) is 0 Å². The molecule has 0 spiro atoms. The molecular weight excluding hydrogens is 140 g/mol. The Labute approximate surface area is 67.6 Å². The molecule has 0 aromatic heterocycles. The van der Waals surface area contributed by atoms with E-state index in [1.54, 1.807) is 0 Å². The molecule has 3 nitrogen and oxygen atoms in total. The van der Waals surface area contributed by atoms with Crippen molar-refractivity contribution in [3.8, 4) is 0 Å². The lowest BCUT2D eigenvalue weighted by Crippen LogP contribution is -2.24. The predicted octanol–water partition coefficient (Wildman–Crippen LogP) is 1.48. The van der Waals surface area contributed by atoms with E-state index in [4.69, 9.17) is 10.6 Å². The van der Waals surface area contributed by atoms with Gasteiger partial charge in [-0.25, -0.2) is 0 Å². The summed E-state index contributed by atoms with van der Waals surface area (Å²) < 4.78 is 0. The summed E-state index contributed by atoms with van der Waals surface area (Å²) in [5.41, 5.74) is 5.57. The van der Waals surface area contributed by atoms with Gasteiger partial charge in [-0.2, -0.15) is 0 Å². The smallest absolute Gasteiger partial charge is 0.141 e. The van der Waals surface area contributed by atoms with E-state index in [0.29, 0.717) is 11.9 Å². The number of hydrogen-bond donors (Lipinski definition) is 1. The van der Waals surface area contributed by atoms with Crippen LogP contribution in [0.25, 0.3) is 0 Å². The molecule has 0 heterocycles. The molecule has 0 saturated heterocycles. The van der Waals surface area contributed by atoms with Gasteiger partial charge in [0.1, 0.15) is 11.9 Å². The van der Waals surface area contributed by atoms with E-state index < -0.39 is 0 Å². The van der Waals surface area contributed by atoms with Crippen molar-refractivity contribution in [2.45, 2.75) is 39.2 Å². The third kappa shape index (κ3) is 2.41. The van der Waals surface area contributed by atoms with Crippen molar-refractivity contribution in [2.75, 3.05) is 0 Å². The summed E-state index contributed by atoms with van der Waals surface area (Å²) in [5, 5.41) is 3.84. The molecule has 0 unspecified atom stereocenters. The molecule has 1 saturated carbocycles. The van der Waals surface area contributed by atoms with Gasteiger partial charge in [0.2, 0.25) is 0 Å². The molecule has 1 fully saturated rings. The first-order valence-electron chi connectivity index (χ1n) is 4.19. The summed E-state index contributed by atoms with van der Waals surface area (Å²) in [6.07, 6.45) is 3.87. The number of nitrogens with two attached hydrogens (primary N) is 1. The fourth-order valence-electron chi connectivity index (χ4n) is 0.717. The average Bonchev–Trinajstić information content (AvgIpc) is 1.83. The minimum Gasteiger partial charge on any atom is -0.391 e. The average molecular weight is 156 g/mol. The topological polar surface area (TPSA) is 47.6 Å². The SMILES string of the molecule is CC(C)/C(N)=N/OC1CCC1. The fourth-order valence-corrected chi connectivity index (χ4v) is 0.717. The second-order valence-electron chi connectivity index (χ2n) is 3.33. The van der Waals surface area contributed by atoms with Crippen LogP contribution in [0.1, 0.15) is 33.1 Å². The van der Waals surface area contributed by atoms with Crippen LogP contribution in [0.4, 0.5) is 0 Å². The molecule has 0 bridgehead atoms. The molecule has 11 heavy (non-hydrogen) atoms. The summed E-state index contributed by atoms with van der Waals surface area (Å²) in [6, 6.07) is 0. The molecule has 0 aromatic rings. The van der Waals surface area contributed by atoms with Crippen LogP contribution in [-0.2, 0) is 4.84 Å². The fraction of sp³-hybridized carbons (Fsp3) is 0.875. The highest BCUT2D eigenvalue weighted by atomic mass is 16.6. The molecule has 64 valence electrons. The monoisotopic (exact) mass is 156 g/mol. The van der Waals surface area contributed by atoms with E-state index >= 15 is 0 Å². The molecule has 3 heteroatoms. The highest BCUT2D eigenvalue weighted by Gasteiger charge is 2.18. The van der Waals surface area contributed by atoms with Crippen molar-refractivity contribution < 1.29 is 4.84 Å². The number of rotatable bonds is 3. The van der Waals surface area contributed by atoms with Crippen LogP contribution in [0.15, 0.2) is 5.16 Å². The zero-order chi connectivity index (χ0) is 8.27. The lowest BCUT2D eigenvalue weighted by atomic mass is 9.97. The Kier molecular flexibility index (Phi) is 2.74. The Balaban J connectivity index is 2.21. The van der Waals surface area contributed by atoms with Gasteiger partial charge in [0.15, 0.2) is 0 Å². The van der Waals surface area contributed by atoms with Gasteiger partial charge in [0, 0.05) is 5.92 Å². The summed E-state index contributed by atoms with van der Waals surface area (Å²) in [7, 11) is 0. The van der Waals surface area contributed by atoms with E-state index in [-0.39, 0.29) is 5.92 Å². The maximum atomic E-state index is 5.57. The zero-order valence-corrected chi connectivity index (χ0v) is 7.21. The van der Waals surface area contributed by atoms with Crippen LogP contribution in [0.2, 0.25) is 0 Å². The first-order chi connectivity index (χ1) is 5.20. The molecule has 1 rings (SSSR count). The normalized spacial score (nSPS) is 20.1. The molecule has 0 atom stereocenters. The number of amidine groups is 1. The van der Waals surface area contributed by atoms with Crippen molar-refractivity contribution >= 4 is 5.84 Å². The predicted molar refractivity (Wildman–Crippen MR) is 45.2 cm³/mol. The van der Waals surface area contributed by atoms with Gasteiger partial charge in [0.25, 0.3) is 0 Å². The molecule has 0 aromatic carbocycles. The summed E-state index contributed by atoms with van der Waals surface area (Å²) in [5.74, 6) is 0.881. The lowest BCUT2D eigenvalue weighted by Gasteiger charge is -2.22. The number of oxime groups is 1. The van der Waals surface area contributed by atoms with E-state index in [9.17, 15) is 0 Å². The molecule has 2 N–H and O–H groups in total.